The first kappa shape index (κ1) is 9.00. The van der Waals surface area contributed by atoms with Crippen molar-refractivity contribution in [2.75, 3.05) is 19.0 Å². The van der Waals surface area contributed by atoms with E-state index in [0.717, 1.165) is 5.82 Å². The predicted molar refractivity (Wildman–Crippen MR) is 60.8 cm³/mol. The first-order valence-electron chi connectivity index (χ1n) is 4.71. The quantitative estimate of drug-likeness (QED) is 0.680. The van der Waals surface area contributed by atoms with Gasteiger partial charge in [0.2, 0.25) is 0 Å². The second-order valence-electron chi connectivity index (χ2n) is 3.75. The van der Waals surface area contributed by atoms with Crippen LogP contribution < -0.4 is 4.90 Å². The van der Waals surface area contributed by atoms with Gasteiger partial charge in [-0.15, -0.1) is 0 Å². The molecule has 0 bridgehead atoms. The van der Waals surface area contributed by atoms with Crippen molar-refractivity contribution in [3.8, 4) is 0 Å². The Bertz CT molecular complexity index is 461. The molecule has 1 heterocycles. The maximum atomic E-state index is 4.36. The molecule has 0 saturated heterocycles. The Morgan fingerprint density at radius 2 is 1.93 bits per heavy atom. The van der Waals surface area contributed by atoms with Crippen molar-refractivity contribution >= 4 is 16.6 Å². The highest BCUT2D eigenvalue weighted by atomic mass is 15.1. The molecule has 2 nitrogen and oxygen atoms in total. The molecule has 0 aliphatic heterocycles. The van der Waals surface area contributed by atoms with Crippen LogP contribution in [0.3, 0.4) is 0 Å². The molecule has 0 radical (unpaired) electrons. The smallest absolute Gasteiger partial charge is 0.135 e. The molecule has 0 atom stereocenters. The monoisotopic (exact) mass is 186 g/mol. The third-order valence-electron chi connectivity index (χ3n) is 2.32. The molecule has 0 saturated carbocycles. The standard InChI is InChI=1S/C12H14N2/c1-9-4-5-11-10(8-9)6-7-13-12(11)14(2)3/h4-8H,1-3H3. The van der Waals surface area contributed by atoms with E-state index in [4.69, 9.17) is 0 Å². The zero-order chi connectivity index (χ0) is 10.1. The van der Waals surface area contributed by atoms with Crippen LogP contribution in [-0.4, -0.2) is 19.1 Å². The Kier molecular flexibility index (Phi) is 2.12. The van der Waals surface area contributed by atoms with Crippen LogP contribution in [0.15, 0.2) is 30.5 Å². The minimum absolute atomic E-state index is 1.03. The summed E-state index contributed by atoms with van der Waals surface area (Å²) >= 11 is 0. The van der Waals surface area contributed by atoms with Gasteiger partial charge in [0, 0.05) is 25.7 Å². The van der Waals surface area contributed by atoms with Crippen LogP contribution in [0.25, 0.3) is 10.8 Å². The summed E-state index contributed by atoms with van der Waals surface area (Å²) in [7, 11) is 4.03. The summed E-state index contributed by atoms with van der Waals surface area (Å²) in [5, 5.41) is 2.46. The Morgan fingerprint density at radius 3 is 2.64 bits per heavy atom. The number of pyridine rings is 1. The summed E-state index contributed by atoms with van der Waals surface area (Å²) in [4.78, 5) is 6.40. The maximum Gasteiger partial charge on any atom is 0.135 e. The summed E-state index contributed by atoms with van der Waals surface area (Å²) in [5.41, 5.74) is 1.29. The largest absolute Gasteiger partial charge is 0.362 e. The lowest BCUT2D eigenvalue weighted by molar-refractivity contribution is 1.08. The number of nitrogens with zero attached hydrogens (tertiary/aromatic N) is 2. The van der Waals surface area contributed by atoms with Crippen LogP contribution in [0.5, 0.6) is 0 Å². The minimum atomic E-state index is 1.03. The van der Waals surface area contributed by atoms with Crippen LogP contribution in [-0.2, 0) is 0 Å². The Balaban J connectivity index is 2.75. The van der Waals surface area contributed by atoms with Crippen LogP contribution in [0, 0.1) is 6.92 Å². The van der Waals surface area contributed by atoms with Crippen LogP contribution in [0.1, 0.15) is 5.56 Å². The van der Waals surface area contributed by atoms with Gasteiger partial charge in [0.25, 0.3) is 0 Å². The molecule has 0 aliphatic carbocycles. The number of hydrogen-bond donors (Lipinski definition) is 0. The molecule has 1 aromatic heterocycles. The van der Waals surface area contributed by atoms with Crippen LogP contribution >= 0.6 is 0 Å². The molecule has 0 N–H and O–H groups in total. The van der Waals surface area contributed by atoms with Gasteiger partial charge >= 0.3 is 0 Å². The van der Waals surface area contributed by atoms with Gasteiger partial charge in [-0.1, -0.05) is 23.8 Å². The molecule has 2 heteroatoms. The van der Waals surface area contributed by atoms with Gasteiger partial charge in [0.1, 0.15) is 5.82 Å². The highest BCUT2D eigenvalue weighted by Crippen LogP contribution is 2.23. The van der Waals surface area contributed by atoms with Crippen molar-refractivity contribution in [3.63, 3.8) is 0 Å². The van der Waals surface area contributed by atoms with Crippen LogP contribution in [0.2, 0.25) is 0 Å². The van der Waals surface area contributed by atoms with E-state index in [9.17, 15) is 0 Å². The molecule has 0 aliphatic rings. The number of hydrogen-bond acceptors (Lipinski definition) is 2. The topological polar surface area (TPSA) is 16.1 Å². The number of anilines is 1. The second-order valence-corrected chi connectivity index (χ2v) is 3.75. The maximum absolute atomic E-state index is 4.36. The van der Waals surface area contributed by atoms with Crippen molar-refractivity contribution in [3.05, 3.63) is 36.0 Å². The lowest BCUT2D eigenvalue weighted by atomic mass is 10.1. The van der Waals surface area contributed by atoms with E-state index in [1.54, 1.807) is 0 Å². The van der Waals surface area contributed by atoms with Gasteiger partial charge in [0.05, 0.1) is 0 Å². The molecule has 72 valence electrons. The van der Waals surface area contributed by atoms with E-state index in [0.29, 0.717) is 0 Å². The van der Waals surface area contributed by atoms with Gasteiger partial charge in [-0.3, -0.25) is 0 Å². The molecular formula is C12H14N2. The van der Waals surface area contributed by atoms with Crippen molar-refractivity contribution in [1.82, 2.24) is 4.98 Å². The first-order chi connectivity index (χ1) is 6.68. The van der Waals surface area contributed by atoms with Crippen LogP contribution in [0.4, 0.5) is 5.82 Å². The van der Waals surface area contributed by atoms with Gasteiger partial charge in [0.15, 0.2) is 0 Å². The van der Waals surface area contributed by atoms with E-state index < -0.39 is 0 Å². The second kappa shape index (κ2) is 3.29. The van der Waals surface area contributed by atoms with Gasteiger partial charge in [-0.25, -0.2) is 4.98 Å². The molecule has 0 spiro atoms. The van der Waals surface area contributed by atoms with Gasteiger partial charge in [-0.05, 0) is 18.4 Å². The Hall–Kier alpha value is -1.57. The molecule has 2 aromatic rings. The zero-order valence-electron chi connectivity index (χ0n) is 8.78. The minimum Gasteiger partial charge on any atom is -0.362 e. The molecule has 0 fully saturated rings. The zero-order valence-corrected chi connectivity index (χ0v) is 8.78. The average Bonchev–Trinajstić information content (AvgIpc) is 2.16. The number of aryl methyl sites for hydroxylation is 1. The predicted octanol–water partition coefficient (Wildman–Crippen LogP) is 2.61. The number of rotatable bonds is 1. The highest BCUT2D eigenvalue weighted by Gasteiger charge is 2.03. The molecule has 0 unspecified atom stereocenters. The van der Waals surface area contributed by atoms with E-state index in [-0.39, 0.29) is 0 Å². The third-order valence-corrected chi connectivity index (χ3v) is 2.32. The summed E-state index contributed by atoms with van der Waals surface area (Å²) in [6.07, 6.45) is 1.86. The first-order valence-corrected chi connectivity index (χ1v) is 4.71. The van der Waals surface area contributed by atoms with Gasteiger partial charge in [-0.2, -0.15) is 0 Å². The Morgan fingerprint density at radius 1 is 1.14 bits per heavy atom. The molecular weight excluding hydrogens is 172 g/mol. The molecule has 0 amide bonds. The summed E-state index contributed by atoms with van der Waals surface area (Å²) in [6, 6.07) is 8.49. The lowest BCUT2D eigenvalue weighted by Gasteiger charge is -2.13. The highest BCUT2D eigenvalue weighted by molar-refractivity contribution is 5.92. The van der Waals surface area contributed by atoms with Crippen molar-refractivity contribution in [2.45, 2.75) is 6.92 Å². The van der Waals surface area contributed by atoms with E-state index >= 15 is 0 Å². The Labute approximate surface area is 84.2 Å². The lowest BCUT2D eigenvalue weighted by Crippen LogP contribution is -2.10. The van der Waals surface area contributed by atoms with E-state index in [1.165, 1.54) is 16.3 Å². The average molecular weight is 186 g/mol. The SMILES string of the molecule is Cc1ccc2c(N(C)C)nccc2c1. The van der Waals surface area contributed by atoms with Crippen molar-refractivity contribution in [2.24, 2.45) is 0 Å². The van der Waals surface area contributed by atoms with Crippen molar-refractivity contribution < 1.29 is 0 Å². The number of aromatic nitrogens is 1. The fourth-order valence-corrected chi connectivity index (χ4v) is 1.64. The third kappa shape index (κ3) is 1.43. The number of benzene rings is 1. The molecule has 2 rings (SSSR count). The van der Waals surface area contributed by atoms with E-state index in [1.807, 2.05) is 25.2 Å². The summed E-state index contributed by atoms with van der Waals surface area (Å²) in [6.45, 7) is 2.11. The molecule has 1 aromatic carbocycles. The summed E-state index contributed by atoms with van der Waals surface area (Å²) in [5.74, 6) is 1.03. The fraction of sp³-hybridized carbons (Fsp3) is 0.250. The van der Waals surface area contributed by atoms with Crippen molar-refractivity contribution in [1.29, 1.82) is 0 Å². The van der Waals surface area contributed by atoms with Gasteiger partial charge < -0.3 is 4.90 Å². The fourth-order valence-electron chi connectivity index (χ4n) is 1.64. The number of fused-ring (bicyclic) bond motifs is 1. The normalized spacial score (nSPS) is 10.5. The van der Waals surface area contributed by atoms with E-state index in [2.05, 4.69) is 36.2 Å². The summed E-state index contributed by atoms with van der Waals surface area (Å²) < 4.78 is 0. The molecule has 14 heavy (non-hydrogen) atoms.